The van der Waals surface area contributed by atoms with Gasteiger partial charge < -0.3 is 4.74 Å². The lowest BCUT2D eigenvalue weighted by atomic mass is 10.2. The molecule has 0 unspecified atom stereocenters. The van der Waals surface area contributed by atoms with Crippen LogP contribution in [0.5, 0.6) is 0 Å². The first-order valence-electron chi connectivity index (χ1n) is 10.8. The Hall–Kier alpha value is -2.84. The summed E-state index contributed by atoms with van der Waals surface area (Å²) in [6, 6.07) is 12.6. The zero-order valence-electron chi connectivity index (χ0n) is 19.0. The van der Waals surface area contributed by atoms with E-state index < -0.39 is 17.7 Å². The Labute approximate surface area is 202 Å². The second kappa shape index (κ2) is 9.19. The number of benzene rings is 1. The molecule has 2 atom stereocenters. The van der Waals surface area contributed by atoms with E-state index in [2.05, 4.69) is 10.3 Å². The number of imidazole rings is 1. The number of rotatable bonds is 4. The van der Waals surface area contributed by atoms with E-state index in [-0.39, 0.29) is 11.9 Å². The van der Waals surface area contributed by atoms with Crippen LogP contribution in [-0.4, -0.2) is 44.1 Å². The Morgan fingerprint density at radius 3 is 2.52 bits per heavy atom. The normalized spacial score (nSPS) is 18.4. The van der Waals surface area contributed by atoms with Crippen molar-refractivity contribution in [3.63, 3.8) is 0 Å². The Kier molecular flexibility index (Phi) is 6.50. The van der Waals surface area contributed by atoms with Gasteiger partial charge in [0.05, 0.1) is 9.21 Å². The third kappa shape index (κ3) is 5.23. The van der Waals surface area contributed by atoms with Gasteiger partial charge in [0.25, 0.3) is 0 Å². The van der Waals surface area contributed by atoms with E-state index in [1.165, 1.54) is 16.2 Å². The quantitative estimate of drug-likeness (QED) is 0.492. The highest BCUT2D eigenvalue weighted by Gasteiger charge is 2.41. The molecule has 0 spiro atoms. The third-order valence-electron chi connectivity index (χ3n) is 5.38. The summed E-state index contributed by atoms with van der Waals surface area (Å²) in [6.45, 7) is 7.38. The van der Waals surface area contributed by atoms with E-state index in [1.54, 1.807) is 0 Å². The summed E-state index contributed by atoms with van der Waals surface area (Å²) in [5.41, 5.74) is 0.925. The molecule has 1 N–H and O–H groups in total. The highest BCUT2D eigenvalue weighted by atomic mass is 35.5. The van der Waals surface area contributed by atoms with E-state index >= 15 is 0 Å². The zero-order valence-corrected chi connectivity index (χ0v) is 20.6. The Morgan fingerprint density at radius 1 is 1.15 bits per heavy atom. The summed E-state index contributed by atoms with van der Waals surface area (Å²) in [6.07, 6.45) is 2.68. The monoisotopic (exact) mass is 486 g/mol. The van der Waals surface area contributed by atoms with Crippen LogP contribution >= 0.6 is 22.9 Å². The number of halogens is 1. The van der Waals surface area contributed by atoms with E-state index in [0.29, 0.717) is 22.4 Å². The minimum absolute atomic E-state index is 0.0895. The van der Waals surface area contributed by atoms with Gasteiger partial charge in [-0.05, 0) is 64.8 Å². The highest BCUT2D eigenvalue weighted by molar-refractivity contribution is 7.19. The fraction of sp³-hybridized carbons (Fsp3) is 0.375. The van der Waals surface area contributed by atoms with Gasteiger partial charge in [-0.1, -0.05) is 29.8 Å². The first-order chi connectivity index (χ1) is 15.6. The molecule has 1 aliphatic rings. The summed E-state index contributed by atoms with van der Waals surface area (Å²) in [5, 5.41) is 2.95. The number of nitrogens with zero attached hydrogens (tertiary/aromatic N) is 3. The van der Waals surface area contributed by atoms with Gasteiger partial charge in [-0.3, -0.25) is 19.6 Å². The SMILES string of the molecule is C[C@@H]1CC[C@@H](C(=O)Nc2nc(-c3ccc(Cl)s3)cn2-c2ccccc2)N1C(=O)OC(C)(C)C. The molecule has 33 heavy (non-hydrogen) atoms. The number of para-hydroxylation sites is 1. The molecule has 1 fully saturated rings. The molecule has 3 aromatic rings. The van der Waals surface area contributed by atoms with Gasteiger partial charge >= 0.3 is 6.09 Å². The molecule has 174 valence electrons. The largest absolute Gasteiger partial charge is 0.444 e. The van der Waals surface area contributed by atoms with Crippen molar-refractivity contribution >= 4 is 40.9 Å². The Morgan fingerprint density at radius 2 is 1.88 bits per heavy atom. The minimum atomic E-state index is -0.638. The molecule has 0 radical (unpaired) electrons. The first-order valence-corrected chi connectivity index (χ1v) is 12.0. The molecule has 3 heterocycles. The van der Waals surface area contributed by atoms with Gasteiger partial charge in [0, 0.05) is 17.9 Å². The van der Waals surface area contributed by atoms with Crippen molar-refractivity contribution in [1.82, 2.24) is 14.5 Å². The number of likely N-dealkylation sites (tertiary alicyclic amines) is 1. The fourth-order valence-electron chi connectivity index (χ4n) is 3.88. The number of hydrogen-bond donors (Lipinski definition) is 1. The molecule has 1 aliphatic heterocycles. The van der Waals surface area contributed by atoms with Crippen LogP contribution < -0.4 is 5.32 Å². The van der Waals surface area contributed by atoms with Crippen molar-refractivity contribution in [2.75, 3.05) is 5.32 Å². The van der Waals surface area contributed by atoms with Gasteiger partial charge in [-0.15, -0.1) is 11.3 Å². The molecule has 2 amide bonds. The fourth-order valence-corrected chi connectivity index (χ4v) is 4.88. The van der Waals surface area contributed by atoms with Crippen molar-refractivity contribution in [2.45, 2.75) is 58.2 Å². The van der Waals surface area contributed by atoms with Crippen LogP contribution in [0.2, 0.25) is 4.34 Å². The molecule has 1 saturated heterocycles. The van der Waals surface area contributed by atoms with Crippen LogP contribution in [0.25, 0.3) is 16.3 Å². The van der Waals surface area contributed by atoms with Crippen molar-refractivity contribution in [2.24, 2.45) is 0 Å². The number of aromatic nitrogens is 2. The molecule has 2 aromatic heterocycles. The zero-order chi connectivity index (χ0) is 23.8. The van der Waals surface area contributed by atoms with Gasteiger partial charge in [-0.25, -0.2) is 9.78 Å². The summed E-state index contributed by atoms with van der Waals surface area (Å²) in [4.78, 5) is 33.3. The third-order valence-corrected chi connectivity index (χ3v) is 6.63. The van der Waals surface area contributed by atoms with Gasteiger partial charge in [0.2, 0.25) is 11.9 Å². The van der Waals surface area contributed by atoms with E-state index in [4.69, 9.17) is 16.3 Å². The van der Waals surface area contributed by atoms with E-state index in [9.17, 15) is 9.59 Å². The second-order valence-corrected chi connectivity index (χ2v) is 10.8. The lowest BCUT2D eigenvalue weighted by Crippen LogP contribution is -2.48. The maximum Gasteiger partial charge on any atom is 0.411 e. The number of nitrogens with one attached hydrogen (secondary N) is 1. The van der Waals surface area contributed by atoms with Crippen LogP contribution in [0, 0.1) is 0 Å². The van der Waals surface area contributed by atoms with E-state index in [1.807, 2.05) is 80.9 Å². The standard InChI is InChI=1S/C24H27ClN4O3S/c1-15-10-11-18(29(15)23(31)32-24(2,3)4)21(30)27-22-26-17(19-12-13-20(25)33-19)14-28(22)16-8-6-5-7-9-16/h5-9,12-15,18H,10-11H2,1-4H3,(H,26,27,30)/t15-,18+/m1/s1. The van der Waals surface area contributed by atoms with Gasteiger partial charge in [0.1, 0.15) is 17.3 Å². The lowest BCUT2D eigenvalue weighted by Gasteiger charge is -2.30. The second-order valence-electron chi connectivity index (χ2n) is 9.08. The number of ether oxygens (including phenoxy) is 1. The highest BCUT2D eigenvalue weighted by Crippen LogP contribution is 2.33. The maximum atomic E-state index is 13.3. The van der Waals surface area contributed by atoms with Crippen molar-refractivity contribution < 1.29 is 14.3 Å². The molecular formula is C24H27ClN4O3S. The van der Waals surface area contributed by atoms with Gasteiger partial charge in [-0.2, -0.15) is 0 Å². The Bertz CT molecular complexity index is 1150. The molecule has 7 nitrogen and oxygen atoms in total. The Balaban J connectivity index is 1.63. The summed E-state index contributed by atoms with van der Waals surface area (Å²) < 4.78 is 8.05. The van der Waals surface area contributed by atoms with Crippen molar-refractivity contribution in [3.05, 3.63) is 53.0 Å². The van der Waals surface area contributed by atoms with Gasteiger partial charge in [0.15, 0.2) is 0 Å². The summed E-state index contributed by atoms with van der Waals surface area (Å²) in [7, 11) is 0. The molecule has 0 bridgehead atoms. The minimum Gasteiger partial charge on any atom is -0.444 e. The average molecular weight is 487 g/mol. The smallest absolute Gasteiger partial charge is 0.411 e. The number of carbonyl (C=O) groups excluding carboxylic acids is 2. The summed E-state index contributed by atoms with van der Waals surface area (Å²) >= 11 is 7.53. The van der Waals surface area contributed by atoms with Crippen molar-refractivity contribution in [3.8, 4) is 16.3 Å². The van der Waals surface area contributed by atoms with Crippen LogP contribution in [0.15, 0.2) is 48.7 Å². The number of amides is 2. The molecule has 4 rings (SSSR count). The van der Waals surface area contributed by atoms with Crippen LogP contribution in [0.4, 0.5) is 10.7 Å². The summed E-state index contributed by atoms with van der Waals surface area (Å²) in [5.74, 6) is 0.0955. The van der Waals surface area contributed by atoms with Crippen LogP contribution in [0.3, 0.4) is 0 Å². The molecule has 1 aromatic carbocycles. The van der Waals surface area contributed by atoms with Crippen LogP contribution in [-0.2, 0) is 9.53 Å². The number of hydrogen-bond acceptors (Lipinski definition) is 5. The molecule has 0 saturated carbocycles. The molecule has 9 heteroatoms. The van der Waals surface area contributed by atoms with Crippen LogP contribution in [0.1, 0.15) is 40.5 Å². The number of anilines is 1. The molecule has 0 aliphatic carbocycles. The van der Waals surface area contributed by atoms with Crippen molar-refractivity contribution in [1.29, 1.82) is 0 Å². The average Bonchev–Trinajstić information content (AvgIpc) is 3.45. The first kappa shape index (κ1) is 23.3. The number of carbonyl (C=O) groups is 2. The van der Waals surface area contributed by atoms with E-state index in [0.717, 1.165) is 17.0 Å². The predicted octanol–water partition coefficient (Wildman–Crippen LogP) is 5.98. The lowest BCUT2D eigenvalue weighted by molar-refractivity contribution is -0.120. The predicted molar refractivity (Wildman–Crippen MR) is 131 cm³/mol. The number of thiophene rings is 1. The molecular weight excluding hydrogens is 460 g/mol. The topological polar surface area (TPSA) is 76.5 Å². The maximum absolute atomic E-state index is 13.3.